The molecule has 0 fully saturated rings. The number of nitrogens with zero attached hydrogens (tertiary/aromatic N) is 1. The fourth-order valence-corrected chi connectivity index (χ4v) is 1.14. The summed E-state index contributed by atoms with van der Waals surface area (Å²) in [7, 11) is 0. The minimum Gasteiger partial charge on any atom is -0.319 e. The number of aromatic nitrogens is 2. The molecule has 5 nitrogen and oxygen atoms in total. The van der Waals surface area contributed by atoms with Crippen molar-refractivity contribution in [3.8, 4) is 0 Å². The lowest BCUT2D eigenvalue weighted by Crippen LogP contribution is -2.40. The highest BCUT2D eigenvalue weighted by Gasteiger charge is 1.97. The van der Waals surface area contributed by atoms with E-state index in [9.17, 15) is 9.59 Å². The van der Waals surface area contributed by atoms with Crippen LogP contribution in [0.1, 0.15) is 26.2 Å². The van der Waals surface area contributed by atoms with E-state index in [-0.39, 0.29) is 5.56 Å². The highest BCUT2D eigenvalue weighted by molar-refractivity contribution is 4.85. The van der Waals surface area contributed by atoms with E-state index in [2.05, 4.69) is 17.3 Å². The van der Waals surface area contributed by atoms with Crippen molar-refractivity contribution in [1.29, 1.82) is 0 Å². The van der Waals surface area contributed by atoms with E-state index >= 15 is 0 Å². The van der Waals surface area contributed by atoms with Gasteiger partial charge in [-0.05, 0) is 6.42 Å². The normalized spacial score (nSPS) is 10.1. The third-order valence-corrected chi connectivity index (χ3v) is 1.91. The fraction of sp³-hybridized carbons (Fsp3) is 0.556. The molecule has 0 bridgehead atoms. The van der Waals surface area contributed by atoms with Crippen molar-refractivity contribution >= 4 is 0 Å². The van der Waals surface area contributed by atoms with Crippen LogP contribution in [0, 0.1) is 0 Å². The van der Waals surface area contributed by atoms with Gasteiger partial charge in [0.05, 0.1) is 0 Å². The third kappa shape index (κ3) is 2.76. The molecule has 0 aliphatic heterocycles. The SMILES string of the molecule is CCCCCNn1c(=O)cc[nH]c1=O. The van der Waals surface area contributed by atoms with Crippen LogP contribution in [-0.4, -0.2) is 16.2 Å². The Morgan fingerprint density at radius 2 is 2.21 bits per heavy atom. The van der Waals surface area contributed by atoms with Gasteiger partial charge in [0.2, 0.25) is 0 Å². The molecule has 1 heterocycles. The lowest BCUT2D eigenvalue weighted by atomic mass is 10.2. The van der Waals surface area contributed by atoms with Crippen LogP contribution in [0.4, 0.5) is 0 Å². The summed E-state index contributed by atoms with van der Waals surface area (Å²) in [6.45, 7) is 2.74. The predicted octanol–water partition coefficient (Wildman–Crippen LogP) is 0.270. The molecule has 0 aliphatic rings. The van der Waals surface area contributed by atoms with Crippen LogP contribution in [0.15, 0.2) is 21.9 Å². The molecular weight excluding hydrogens is 182 g/mol. The van der Waals surface area contributed by atoms with Crippen molar-refractivity contribution in [3.05, 3.63) is 33.1 Å². The van der Waals surface area contributed by atoms with E-state index < -0.39 is 5.69 Å². The van der Waals surface area contributed by atoms with E-state index in [0.717, 1.165) is 23.9 Å². The zero-order chi connectivity index (χ0) is 10.4. The Hall–Kier alpha value is -1.52. The first-order chi connectivity index (χ1) is 6.75. The molecule has 0 saturated carbocycles. The zero-order valence-corrected chi connectivity index (χ0v) is 8.25. The Balaban J connectivity index is 2.59. The molecular formula is C9H15N3O2. The standard InChI is InChI=1S/C9H15N3O2/c1-2-3-4-6-11-12-8(13)5-7-10-9(12)14/h5,7,11H,2-4,6H2,1H3,(H,10,14). The summed E-state index contributed by atoms with van der Waals surface area (Å²) < 4.78 is 0.996. The summed E-state index contributed by atoms with van der Waals surface area (Å²) in [6.07, 6.45) is 4.50. The quantitative estimate of drug-likeness (QED) is 0.666. The van der Waals surface area contributed by atoms with Gasteiger partial charge in [0.25, 0.3) is 5.56 Å². The van der Waals surface area contributed by atoms with Crippen molar-refractivity contribution in [3.63, 3.8) is 0 Å². The molecule has 1 aromatic heterocycles. The first kappa shape index (κ1) is 10.6. The molecule has 5 heteroatoms. The van der Waals surface area contributed by atoms with Gasteiger partial charge in [0, 0.05) is 18.8 Å². The molecule has 1 rings (SSSR count). The number of nitrogens with one attached hydrogen (secondary N) is 2. The first-order valence-electron chi connectivity index (χ1n) is 4.80. The molecule has 0 aliphatic carbocycles. The Morgan fingerprint density at radius 3 is 2.86 bits per heavy atom. The Bertz CT molecular complexity index is 352. The van der Waals surface area contributed by atoms with E-state index in [0.29, 0.717) is 6.54 Å². The first-order valence-corrected chi connectivity index (χ1v) is 4.80. The average Bonchev–Trinajstić information content (AvgIpc) is 2.16. The monoisotopic (exact) mass is 197 g/mol. The Kier molecular flexibility index (Phi) is 3.97. The number of hydrogen-bond donors (Lipinski definition) is 2. The Labute approximate surface area is 81.7 Å². The lowest BCUT2D eigenvalue weighted by molar-refractivity contribution is 0.673. The van der Waals surface area contributed by atoms with Gasteiger partial charge in [-0.25, -0.2) is 4.79 Å². The molecule has 0 amide bonds. The molecule has 0 saturated heterocycles. The molecule has 0 spiro atoms. The number of H-pyrrole nitrogens is 1. The molecule has 0 unspecified atom stereocenters. The molecule has 14 heavy (non-hydrogen) atoms. The van der Waals surface area contributed by atoms with Crippen molar-refractivity contribution in [1.82, 2.24) is 9.66 Å². The van der Waals surface area contributed by atoms with Gasteiger partial charge in [0.15, 0.2) is 0 Å². The minimum atomic E-state index is -0.422. The molecule has 0 aromatic carbocycles. The van der Waals surface area contributed by atoms with Gasteiger partial charge in [-0.3, -0.25) is 4.79 Å². The molecule has 78 valence electrons. The molecule has 0 atom stereocenters. The van der Waals surface area contributed by atoms with E-state index in [4.69, 9.17) is 0 Å². The summed E-state index contributed by atoms with van der Waals surface area (Å²) in [6, 6.07) is 1.31. The van der Waals surface area contributed by atoms with Crippen LogP contribution in [0.25, 0.3) is 0 Å². The predicted molar refractivity (Wildman–Crippen MR) is 55.1 cm³/mol. The van der Waals surface area contributed by atoms with Gasteiger partial charge in [-0.2, -0.15) is 4.68 Å². The summed E-state index contributed by atoms with van der Waals surface area (Å²) in [5, 5.41) is 0. The van der Waals surface area contributed by atoms with Crippen LogP contribution in [0.2, 0.25) is 0 Å². The number of unbranched alkanes of at least 4 members (excludes halogenated alkanes) is 2. The van der Waals surface area contributed by atoms with Crippen LogP contribution in [-0.2, 0) is 0 Å². The second kappa shape index (κ2) is 5.26. The minimum absolute atomic E-state index is 0.328. The maximum atomic E-state index is 11.2. The van der Waals surface area contributed by atoms with Gasteiger partial charge in [-0.15, -0.1) is 0 Å². The largest absolute Gasteiger partial charge is 0.347 e. The van der Waals surface area contributed by atoms with Crippen LogP contribution < -0.4 is 16.7 Å². The van der Waals surface area contributed by atoms with Crippen molar-refractivity contribution < 1.29 is 0 Å². The number of rotatable bonds is 5. The maximum absolute atomic E-state index is 11.2. The summed E-state index contributed by atoms with van der Waals surface area (Å²) in [4.78, 5) is 24.8. The number of aromatic amines is 1. The third-order valence-electron chi connectivity index (χ3n) is 1.91. The molecule has 1 aromatic rings. The van der Waals surface area contributed by atoms with E-state index in [1.807, 2.05) is 0 Å². The smallest absolute Gasteiger partial charge is 0.319 e. The summed E-state index contributed by atoms with van der Waals surface area (Å²) in [5.41, 5.74) is 2.03. The average molecular weight is 197 g/mol. The van der Waals surface area contributed by atoms with Gasteiger partial charge in [-0.1, -0.05) is 19.8 Å². The van der Waals surface area contributed by atoms with Crippen molar-refractivity contribution in [2.45, 2.75) is 26.2 Å². The second-order valence-electron chi connectivity index (χ2n) is 3.07. The fourth-order valence-electron chi connectivity index (χ4n) is 1.14. The van der Waals surface area contributed by atoms with Gasteiger partial charge >= 0.3 is 5.69 Å². The van der Waals surface area contributed by atoms with Gasteiger partial charge in [0.1, 0.15) is 0 Å². The highest BCUT2D eigenvalue weighted by atomic mass is 16.2. The summed E-state index contributed by atoms with van der Waals surface area (Å²) >= 11 is 0. The highest BCUT2D eigenvalue weighted by Crippen LogP contribution is 1.90. The maximum Gasteiger partial charge on any atom is 0.347 e. The summed E-state index contributed by atoms with van der Waals surface area (Å²) in [5.74, 6) is 0. The van der Waals surface area contributed by atoms with Crippen LogP contribution in [0.3, 0.4) is 0 Å². The van der Waals surface area contributed by atoms with E-state index in [1.165, 1.54) is 12.3 Å². The molecule has 2 N–H and O–H groups in total. The lowest BCUT2D eigenvalue weighted by Gasteiger charge is -2.06. The second-order valence-corrected chi connectivity index (χ2v) is 3.07. The van der Waals surface area contributed by atoms with Crippen LogP contribution >= 0.6 is 0 Å². The number of hydrogen-bond acceptors (Lipinski definition) is 3. The zero-order valence-electron chi connectivity index (χ0n) is 8.25. The van der Waals surface area contributed by atoms with Crippen molar-refractivity contribution in [2.24, 2.45) is 0 Å². The molecule has 0 radical (unpaired) electrons. The van der Waals surface area contributed by atoms with Crippen LogP contribution in [0.5, 0.6) is 0 Å². The Morgan fingerprint density at radius 1 is 1.43 bits per heavy atom. The van der Waals surface area contributed by atoms with Gasteiger partial charge < -0.3 is 10.4 Å². The topological polar surface area (TPSA) is 66.9 Å². The van der Waals surface area contributed by atoms with E-state index in [1.54, 1.807) is 0 Å². The van der Waals surface area contributed by atoms with Crippen molar-refractivity contribution in [2.75, 3.05) is 12.0 Å².